The van der Waals surface area contributed by atoms with Gasteiger partial charge in [0.15, 0.2) is 0 Å². The molecule has 0 spiro atoms. The normalized spacial score (nSPS) is 21.4. The molecule has 0 aromatic heterocycles. The minimum atomic E-state index is -1.38. The fraction of sp³-hybridized carbons (Fsp3) is 0.652. The van der Waals surface area contributed by atoms with E-state index in [4.69, 9.17) is 15.3 Å². The van der Waals surface area contributed by atoms with Crippen LogP contribution in [-0.2, 0) is 25.6 Å². The molecule has 1 heterocycles. The van der Waals surface area contributed by atoms with E-state index in [0.29, 0.717) is 37.7 Å². The number of cyclic esters (lactones) is 1. The summed E-state index contributed by atoms with van der Waals surface area (Å²) in [5.41, 5.74) is 5.69. The molecule has 1 aliphatic heterocycles. The number of carbonyl (C=O) groups is 2. The highest BCUT2D eigenvalue weighted by Crippen LogP contribution is 2.28. The number of rotatable bonds is 13. The zero-order valence-electron chi connectivity index (χ0n) is 18.9. The second-order valence-electron chi connectivity index (χ2n) is 8.43. The number of nitrogens with two attached hydrogens (primary N) is 1. The third-order valence-electron chi connectivity index (χ3n) is 5.81. The molecule has 0 bridgehead atoms. The average Bonchev–Trinajstić information content (AvgIpc) is 3.15. The molecule has 4 atom stereocenters. The molecule has 1 aromatic rings. The van der Waals surface area contributed by atoms with Crippen molar-refractivity contribution in [2.45, 2.75) is 58.2 Å². The summed E-state index contributed by atoms with van der Waals surface area (Å²) in [5, 5.41) is 4.42. The highest BCUT2D eigenvalue weighted by atomic mass is 32.1. The van der Waals surface area contributed by atoms with Crippen LogP contribution in [0.5, 0.6) is 0 Å². The summed E-state index contributed by atoms with van der Waals surface area (Å²) in [5.74, 6) is -0.237. The number of carbonyl (C=O) groups excluding carboxylic acids is 2. The number of hydrogen-bond acceptors (Lipinski definition) is 7. The first-order chi connectivity index (χ1) is 14.8. The molecule has 1 aliphatic rings. The maximum atomic E-state index is 13.6. The third kappa shape index (κ3) is 6.94. The Kier molecular flexibility index (Phi) is 10.3. The molecule has 3 N–H and O–H groups in total. The van der Waals surface area contributed by atoms with Gasteiger partial charge in [0.2, 0.25) is 5.66 Å². The van der Waals surface area contributed by atoms with E-state index < -0.39 is 11.6 Å². The van der Waals surface area contributed by atoms with Crippen molar-refractivity contribution in [1.82, 2.24) is 10.4 Å². The van der Waals surface area contributed by atoms with Crippen LogP contribution in [0.4, 0.5) is 0 Å². The highest BCUT2D eigenvalue weighted by Gasteiger charge is 2.53. The first-order valence-corrected chi connectivity index (χ1v) is 11.8. The fourth-order valence-electron chi connectivity index (χ4n) is 3.46. The molecule has 174 valence electrons. The van der Waals surface area contributed by atoms with Crippen LogP contribution in [0.2, 0.25) is 0 Å². The van der Waals surface area contributed by atoms with Crippen molar-refractivity contribution in [2.24, 2.45) is 17.6 Å². The standard InChI is InChI=1S/C23H37N3O4S/c1-4-17(2)10-12-30-26(21(27)18(3)14-19-8-6-5-7-9-19)23(11-13-29-22(23)28)25-15-20(24)16-31/h5-9,17-18,20,25,31H,4,10-16,24H2,1-3H3/t17-,18?,20?,23-/m0/s1. The average molecular weight is 452 g/mol. The first-order valence-electron chi connectivity index (χ1n) is 11.1. The van der Waals surface area contributed by atoms with E-state index in [1.54, 1.807) is 0 Å². The van der Waals surface area contributed by atoms with Crippen molar-refractivity contribution in [3.05, 3.63) is 35.9 Å². The Morgan fingerprint density at radius 1 is 1.35 bits per heavy atom. The smallest absolute Gasteiger partial charge is 0.349 e. The third-order valence-corrected chi connectivity index (χ3v) is 6.28. The van der Waals surface area contributed by atoms with Gasteiger partial charge in [0, 0.05) is 30.7 Å². The van der Waals surface area contributed by atoms with Crippen LogP contribution in [-0.4, -0.2) is 54.2 Å². The minimum Gasteiger partial charge on any atom is -0.463 e. The molecule has 31 heavy (non-hydrogen) atoms. The quantitative estimate of drug-likeness (QED) is 0.185. The first kappa shape index (κ1) is 25.6. The number of nitrogens with zero attached hydrogens (tertiary/aromatic N) is 1. The van der Waals surface area contributed by atoms with Gasteiger partial charge in [-0.15, -0.1) is 0 Å². The molecule has 1 amide bonds. The van der Waals surface area contributed by atoms with Crippen LogP contribution in [0.3, 0.4) is 0 Å². The highest BCUT2D eigenvalue weighted by molar-refractivity contribution is 7.80. The maximum absolute atomic E-state index is 13.6. The molecule has 0 saturated carbocycles. The molecule has 2 unspecified atom stereocenters. The van der Waals surface area contributed by atoms with Gasteiger partial charge < -0.3 is 10.5 Å². The van der Waals surface area contributed by atoms with Gasteiger partial charge in [-0.05, 0) is 24.3 Å². The fourth-order valence-corrected chi connectivity index (χ4v) is 3.59. The molecule has 2 rings (SSSR count). The van der Waals surface area contributed by atoms with Crippen molar-refractivity contribution in [3.8, 4) is 0 Å². The van der Waals surface area contributed by atoms with Crippen LogP contribution in [0, 0.1) is 11.8 Å². The van der Waals surface area contributed by atoms with Crippen LogP contribution < -0.4 is 11.1 Å². The van der Waals surface area contributed by atoms with Gasteiger partial charge in [0.1, 0.15) is 0 Å². The van der Waals surface area contributed by atoms with Crippen molar-refractivity contribution in [2.75, 3.05) is 25.5 Å². The van der Waals surface area contributed by atoms with E-state index >= 15 is 0 Å². The Labute approximate surface area is 191 Å². The number of benzene rings is 1. The van der Waals surface area contributed by atoms with Crippen LogP contribution in [0.25, 0.3) is 0 Å². The van der Waals surface area contributed by atoms with Crippen LogP contribution in [0.15, 0.2) is 30.3 Å². The van der Waals surface area contributed by atoms with Gasteiger partial charge in [-0.3, -0.25) is 14.9 Å². The summed E-state index contributed by atoms with van der Waals surface area (Å²) < 4.78 is 5.28. The molecular weight excluding hydrogens is 414 g/mol. The number of hydroxylamine groups is 2. The zero-order chi connectivity index (χ0) is 22.9. The lowest BCUT2D eigenvalue weighted by Crippen LogP contribution is -2.66. The largest absolute Gasteiger partial charge is 0.463 e. The van der Waals surface area contributed by atoms with Crippen molar-refractivity contribution in [1.29, 1.82) is 0 Å². The van der Waals surface area contributed by atoms with Gasteiger partial charge in [-0.1, -0.05) is 57.5 Å². The summed E-state index contributed by atoms with van der Waals surface area (Å²) in [4.78, 5) is 32.4. The maximum Gasteiger partial charge on any atom is 0.349 e. The molecule has 1 aromatic carbocycles. The number of esters is 1. The minimum absolute atomic E-state index is 0.216. The van der Waals surface area contributed by atoms with Gasteiger partial charge in [0.05, 0.1) is 13.2 Å². The molecular formula is C23H37N3O4S. The van der Waals surface area contributed by atoms with E-state index in [1.807, 2.05) is 37.3 Å². The lowest BCUT2D eigenvalue weighted by atomic mass is 9.98. The lowest BCUT2D eigenvalue weighted by Gasteiger charge is -2.39. The number of amides is 1. The van der Waals surface area contributed by atoms with Crippen molar-refractivity contribution < 1.29 is 19.2 Å². The van der Waals surface area contributed by atoms with Gasteiger partial charge >= 0.3 is 5.97 Å². The topological polar surface area (TPSA) is 93.9 Å². The second-order valence-corrected chi connectivity index (χ2v) is 8.79. The molecule has 1 saturated heterocycles. The predicted octanol–water partition coefficient (Wildman–Crippen LogP) is 2.55. The Morgan fingerprint density at radius 2 is 2.06 bits per heavy atom. The predicted molar refractivity (Wildman–Crippen MR) is 124 cm³/mol. The molecule has 7 nitrogen and oxygen atoms in total. The summed E-state index contributed by atoms with van der Waals surface area (Å²) in [6.45, 7) is 6.97. The lowest BCUT2D eigenvalue weighted by molar-refractivity contribution is -0.232. The van der Waals surface area contributed by atoms with Gasteiger partial charge in [0.25, 0.3) is 5.91 Å². The Balaban J connectivity index is 2.25. The number of nitrogens with one attached hydrogen (secondary N) is 1. The van der Waals surface area contributed by atoms with Crippen LogP contribution >= 0.6 is 12.6 Å². The summed E-state index contributed by atoms with van der Waals surface area (Å²) in [6.07, 6.45) is 2.66. The second kappa shape index (κ2) is 12.4. The van der Waals surface area contributed by atoms with Crippen LogP contribution in [0.1, 0.15) is 45.6 Å². The monoisotopic (exact) mass is 451 g/mol. The number of ether oxygens (including phenoxy) is 1. The molecule has 0 aliphatic carbocycles. The van der Waals surface area contributed by atoms with E-state index in [2.05, 4.69) is 31.8 Å². The Bertz CT molecular complexity index is 705. The zero-order valence-corrected chi connectivity index (χ0v) is 19.8. The summed E-state index contributed by atoms with van der Waals surface area (Å²) in [6, 6.07) is 9.54. The van der Waals surface area contributed by atoms with Crippen molar-refractivity contribution in [3.63, 3.8) is 0 Å². The van der Waals surface area contributed by atoms with E-state index in [1.165, 1.54) is 5.06 Å². The van der Waals surface area contributed by atoms with E-state index in [0.717, 1.165) is 18.4 Å². The summed E-state index contributed by atoms with van der Waals surface area (Å²) >= 11 is 4.22. The Hall–Kier alpha value is -1.61. The van der Waals surface area contributed by atoms with Gasteiger partial charge in [-0.2, -0.15) is 17.7 Å². The SMILES string of the molecule is CC[C@H](C)CCON(C(=O)C(C)Cc1ccccc1)[C@@]1(NCC(N)CS)CCOC1=O. The molecule has 8 heteroatoms. The number of hydrogen-bond donors (Lipinski definition) is 3. The molecule has 0 radical (unpaired) electrons. The van der Waals surface area contributed by atoms with Crippen molar-refractivity contribution >= 4 is 24.5 Å². The van der Waals surface area contributed by atoms with E-state index in [-0.39, 0.29) is 24.5 Å². The summed E-state index contributed by atoms with van der Waals surface area (Å²) in [7, 11) is 0. The van der Waals surface area contributed by atoms with E-state index in [9.17, 15) is 9.59 Å². The Morgan fingerprint density at radius 3 is 2.65 bits per heavy atom. The van der Waals surface area contributed by atoms with Gasteiger partial charge in [-0.25, -0.2) is 4.79 Å². The number of thiol groups is 1. The molecule has 1 fully saturated rings.